The van der Waals surface area contributed by atoms with Crippen molar-refractivity contribution in [3.05, 3.63) is 89.7 Å². The number of aryl methyl sites for hydroxylation is 1. The molecule has 0 radical (unpaired) electrons. The monoisotopic (exact) mass is 305 g/mol. The van der Waals surface area contributed by atoms with Crippen LogP contribution in [-0.4, -0.2) is 5.91 Å². The van der Waals surface area contributed by atoms with Gasteiger partial charge in [-0.2, -0.15) is 0 Å². The van der Waals surface area contributed by atoms with Crippen LogP contribution in [-0.2, 0) is 0 Å². The minimum absolute atomic E-state index is 0.252. The van der Waals surface area contributed by atoms with Crippen molar-refractivity contribution in [3.8, 4) is 11.1 Å². The van der Waals surface area contributed by atoms with E-state index in [1.54, 1.807) is 12.1 Å². The first-order chi connectivity index (χ1) is 11.1. The highest BCUT2D eigenvalue weighted by Crippen LogP contribution is 2.25. The fraction of sp³-hybridized carbons (Fsp3) is 0.0500. The molecule has 0 bridgehead atoms. The Morgan fingerprint density at radius 3 is 2.39 bits per heavy atom. The van der Waals surface area contributed by atoms with Crippen LogP contribution in [0.3, 0.4) is 0 Å². The summed E-state index contributed by atoms with van der Waals surface area (Å²) >= 11 is 0. The molecule has 0 aliphatic carbocycles. The van der Waals surface area contributed by atoms with E-state index >= 15 is 0 Å². The Morgan fingerprint density at radius 2 is 1.61 bits per heavy atom. The van der Waals surface area contributed by atoms with Crippen molar-refractivity contribution in [3.63, 3.8) is 0 Å². The third-order valence-electron chi connectivity index (χ3n) is 3.70. The third kappa shape index (κ3) is 3.29. The van der Waals surface area contributed by atoms with Gasteiger partial charge in [-0.15, -0.1) is 0 Å². The van der Waals surface area contributed by atoms with Crippen molar-refractivity contribution < 1.29 is 9.18 Å². The second-order valence-electron chi connectivity index (χ2n) is 5.32. The number of carbonyl (C=O) groups excluding carboxylic acids is 1. The molecule has 1 amide bonds. The second kappa shape index (κ2) is 6.44. The molecular formula is C20H16FNO. The number of anilines is 1. The van der Waals surface area contributed by atoms with Crippen molar-refractivity contribution in [1.29, 1.82) is 0 Å². The molecule has 3 aromatic rings. The summed E-state index contributed by atoms with van der Waals surface area (Å²) in [6.07, 6.45) is 0. The number of carbonyl (C=O) groups is 1. The Labute approximate surface area is 134 Å². The fourth-order valence-electron chi connectivity index (χ4n) is 2.47. The van der Waals surface area contributed by atoms with Gasteiger partial charge in [0, 0.05) is 11.3 Å². The molecular weight excluding hydrogens is 289 g/mol. The zero-order valence-corrected chi connectivity index (χ0v) is 12.7. The van der Waals surface area contributed by atoms with Gasteiger partial charge in [-0.1, -0.05) is 54.6 Å². The SMILES string of the molecule is Cc1ccc(F)cc1NC(=O)c1ccccc1-c1ccccc1. The van der Waals surface area contributed by atoms with Gasteiger partial charge in [-0.3, -0.25) is 4.79 Å². The Bertz CT molecular complexity index is 843. The van der Waals surface area contributed by atoms with Gasteiger partial charge in [0.05, 0.1) is 0 Å². The number of benzene rings is 3. The lowest BCUT2D eigenvalue weighted by atomic mass is 9.99. The predicted octanol–water partition coefficient (Wildman–Crippen LogP) is 5.05. The average molecular weight is 305 g/mol. The lowest BCUT2D eigenvalue weighted by Crippen LogP contribution is -2.14. The van der Waals surface area contributed by atoms with E-state index in [-0.39, 0.29) is 11.7 Å². The molecule has 0 saturated heterocycles. The number of nitrogens with one attached hydrogen (secondary N) is 1. The first-order valence-corrected chi connectivity index (χ1v) is 7.37. The van der Waals surface area contributed by atoms with Crippen LogP contribution in [0.1, 0.15) is 15.9 Å². The van der Waals surface area contributed by atoms with Crippen LogP contribution in [0.5, 0.6) is 0 Å². The van der Waals surface area contributed by atoms with Crippen LogP contribution in [0, 0.1) is 12.7 Å². The first kappa shape index (κ1) is 15.0. The number of halogens is 1. The minimum Gasteiger partial charge on any atom is -0.322 e. The fourth-order valence-corrected chi connectivity index (χ4v) is 2.47. The second-order valence-corrected chi connectivity index (χ2v) is 5.32. The zero-order valence-electron chi connectivity index (χ0n) is 12.7. The zero-order chi connectivity index (χ0) is 16.2. The Morgan fingerprint density at radius 1 is 0.913 bits per heavy atom. The topological polar surface area (TPSA) is 29.1 Å². The summed E-state index contributed by atoms with van der Waals surface area (Å²) in [7, 11) is 0. The van der Waals surface area contributed by atoms with Crippen LogP contribution < -0.4 is 5.32 Å². The molecule has 23 heavy (non-hydrogen) atoms. The molecule has 0 aliphatic rings. The van der Waals surface area contributed by atoms with Gasteiger partial charge in [0.15, 0.2) is 0 Å². The summed E-state index contributed by atoms with van der Waals surface area (Å²) in [6.45, 7) is 1.83. The molecule has 0 aliphatic heterocycles. The standard InChI is InChI=1S/C20H16FNO/c1-14-11-12-16(21)13-19(14)22-20(23)18-10-6-5-9-17(18)15-7-3-2-4-8-15/h2-13H,1H3,(H,22,23). The summed E-state index contributed by atoms with van der Waals surface area (Å²) < 4.78 is 13.4. The quantitative estimate of drug-likeness (QED) is 0.720. The van der Waals surface area contributed by atoms with E-state index in [4.69, 9.17) is 0 Å². The van der Waals surface area contributed by atoms with Gasteiger partial charge in [0.2, 0.25) is 0 Å². The molecule has 3 rings (SSSR count). The normalized spacial score (nSPS) is 10.3. The Hall–Kier alpha value is -2.94. The summed E-state index contributed by atoms with van der Waals surface area (Å²) in [5.41, 5.74) is 3.67. The van der Waals surface area contributed by atoms with Crippen molar-refractivity contribution in [2.24, 2.45) is 0 Å². The average Bonchev–Trinajstić information content (AvgIpc) is 2.59. The van der Waals surface area contributed by atoms with Gasteiger partial charge >= 0.3 is 0 Å². The third-order valence-corrected chi connectivity index (χ3v) is 3.70. The van der Waals surface area contributed by atoms with Crippen LogP contribution in [0.25, 0.3) is 11.1 Å². The smallest absolute Gasteiger partial charge is 0.256 e. The van der Waals surface area contributed by atoms with Gasteiger partial charge in [-0.05, 0) is 41.8 Å². The lowest BCUT2D eigenvalue weighted by molar-refractivity contribution is 0.102. The van der Waals surface area contributed by atoms with Crippen molar-refractivity contribution in [1.82, 2.24) is 0 Å². The van der Waals surface area contributed by atoms with E-state index in [1.807, 2.05) is 55.5 Å². The van der Waals surface area contributed by atoms with Gasteiger partial charge < -0.3 is 5.32 Å². The van der Waals surface area contributed by atoms with E-state index < -0.39 is 0 Å². The molecule has 0 fully saturated rings. The maximum absolute atomic E-state index is 13.4. The highest BCUT2D eigenvalue weighted by Gasteiger charge is 2.13. The van der Waals surface area contributed by atoms with Gasteiger partial charge in [0.25, 0.3) is 5.91 Å². The molecule has 0 saturated carbocycles. The minimum atomic E-state index is -0.373. The number of rotatable bonds is 3. The summed E-state index contributed by atoms with van der Waals surface area (Å²) in [5.74, 6) is -0.625. The molecule has 2 nitrogen and oxygen atoms in total. The highest BCUT2D eigenvalue weighted by atomic mass is 19.1. The summed E-state index contributed by atoms with van der Waals surface area (Å²) in [6, 6.07) is 21.5. The molecule has 0 spiro atoms. The number of hydrogen-bond acceptors (Lipinski definition) is 1. The molecule has 0 heterocycles. The van der Waals surface area contributed by atoms with Crippen molar-refractivity contribution in [2.75, 3.05) is 5.32 Å². The van der Waals surface area contributed by atoms with Crippen molar-refractivity contribution >= 4 is 11.6 Å². The van der Waals surface area contributed by atoms with E-state index in [0.29, 0.717) is 11.3 Å². The predicted molar refractivity (Wildman–Crippen MR) is 91.0 cm³/mol. The largest absolute Gasteiger partial charge is 0.322 e. The maximum atomic E-state index is 13.4. The van der Waals surface area contributed by atoms with E-state index in [0.717, 1.165) is 16.7 Å². The maximum Gasteiger partial charge on any atom is 0.256 e. The van der Waals surface area contributed by atoms with Gasteiger partial charge in [0.1, 0.15) is 5.82 Å². The van der Waals surface area contributed by atoms with E-state index in [2.05, 4.69) is 5.32 Å². The molecule has 0 aromatic heterocycles. The summed E-state index contributed by atoms with van der Waals surface area (Å²) in [5, 5.41) is 2.80. The lowest BCUT2D eigenvalue weighted by Gasteiger charge is -2.12. The Balaban J connectivity index is 1.96. The number of hydrogen-bond donors (Lipinski definition) is 1. The van der Waals surface area contributed by atoms with Crippen LogP contribution in [0.15, 0.2) is 72.8 Å². The molecule has 0 unspecified atom stereocenters. The molecule has 3 heteroatoms. The molecule has 0 atom stereocenters. The van der Waals surface area contributed by atoms with Crippen LogP contribution in [0.2, 0.25) is 0 Å². The van der Waals surface area contributed by atoms with E-state index in [9.17, 15) is 9.18 Å². The summed E-state index contributed by atoms with van der Waals surface area (Å²) in [4.78, 5) is 12.6. The first-order valence-electron chi connectivity index (χ1n) is 7.37. The highest BCUT2D eigenvalue weighted by molar-refractivity contribution is 6.09. The van der Waals surface area contributed by atoms with Gasteiger partial charge in [-0.25, -0.2) is 4.39 Å². The van der Waals surface area contributed by atoms with Crippen LogP contribution in [0.4, 0.5) is 10.1 Å². The van der Waals surface area contributed by atoms with E-state index in [1.165, 1.54) is 12.1 Å². The van der Waals surface area contributed by atoms with Crippen molar-refractivity contribution in [2.45, 2.75) is 6.92 Å². The number of amides is 1. The molecule has 114 valence electrons. The van der Waals surface area contributed by atoms with Crippen LogP contribution >= 0.6 is 0 Å². The molecule has 3 aromatic carbocycles. The molecule has 1 N–H and O–H groups in total. The Kier molecular flexibility index (Phi) is 4.20.